The number of nitrogens with zero attached hydrogens (tertiary/aromatic N) is 2. The molecule has 2 rings (SSSR count). The Morgan fingerprint density at radius 1 is 1.45 bits per heavy atom. The maximum absolute atomic E-state index is 11.4. The highest BCUT2D eigenvalue weighted by Gasteiger charge is 2.30. The fourth-order valence-electron chi connectivity index (χ4n) is 1.90. The van der Waals surface area contributed by atoms with Crippen molar-refractivity contribution in [1.29, 1.82) is 0 Å². The summed E-state index contributed by atoms with van der Waals surface area (Å²) in [5.74, 6) is -0.538. The highest BCUT2D eigenvalue weighted by atomic mass is 32.2. The number of rotatable bonds is 6. The lowest BCUT2D eigenvalue weighted by atomic mass is 10.2. The van der Waals surface area contributed by atoms with Crippen LogP contribution in [0.3, 0.4) is 0 Å². The van der Waals surface area contributed by atoms with Crippen molar-refractivity contribution in [2.75, 3.05) is 0 Å². The first-order chi connectivity index (χ1) is 9.43. The highest BCUT2D eigenvalue weighted by molar-refractivity contribution is 8.00. The number of aromatic carboxylic acids is 1. The Balaban J connectivity index is 2.41. The molecule has 20 heavy (non-hydrogen) atoms. The van der Waals surface area contributed by atoms with Gasteiger partial charge >= 0.3 is 5.97 Å². The monoisotopic (exact) mass is 295 g/mol. The first-order valence-electron chi connectivity index (χ1n) is 6.51. The predicted octanol–water partition coefficient (Wildman–Crippen LogP) is 1.72. The van der Waals surface area contributed by atoms with Crippen LogP contribution in [0.4, 0.5) is 0 Å². The van der Waals surface area contributed by atoms with Crippen molar-refractivity contribution in [2.45, 2.75) is 49.3 Å². The zero-order valence-corrected chi connectivity index (χ0v) is 12.2. The number of amides is 1. The minimum atomic E-state index is -1.08. The molecule has 108 valence electrons. The Labute approximate surface area is 121 Å². The summed E-state index contributed by atoms with van der Waals surface area (Å²) in [4.78, 5) is 31.3. The zero-order valence-electron chi connectivity index (χ0n) is 11.4. The van der Waals surface area contributed by atoms with Crippen LogP contribution in [0.1, 0.15) is 54.0 Å². The van der Waals surface area contributed by atoms with E-state index in [4.69, 9.17) is 5.73 Å². The van der Waals surface area contributed by atoms with Crippen molar-refractivity contribution in [3.05, 3.63) is 17.1 Å². The molecule has 1 saturated carbocycles. The summed E-state index contributed by atoms with van der Waals surface area (Å²) in [6.07, 6.45) is 2.59. The maximum atomic E-state index is 11.4. The van der Waals surface area contributed by atoms with Gasteiger partial charge < -0.3 is 10.8 Å². The first-order valence-corrected chi connectivity index (χ1v) is 7.39. The third kappa shape index (κ3) is 3.09. The predicted molar refractivity (Wildman–Crippen MR) is 74.8 cm³/mol. The van der Waals surface area contributed by atoms with Gasteiger partial charge in [-0.05, 0) is 26.2 Å². The molecular weight excluding hydrogens is 278 g/mol. The number of thioether (sulfide) groups is 1. The largest absolute Gasteiger partial charge is 0.478 e. The zero-order chi connectivity index (χ0) is 14.9. The van der Waals surface area contributed by atoms with Gasteiger partial charge in [-0.25, -0.2) is 14.8 Å². The molecule has 6 nitrogen and oxygen atoms in total. The molecule has 1 unspecified atom stereocenters. The molecule has 7 heteroatoms. The van der Waals surface area contributed by atoms with E-state index in [1.165, 1.54) is 0 Å². The molecular formula is C13H17N3O3S. The van der Waals surface area contributed by atoms with Crippen molar-refractivity contribution in [1.82, 2.24) is 9.97 Å². The van der Waals surface area contributed by atoms with Gasteiger partial charge in [-0.3, -0.25) is 4.79 Å². The molecule has 3 N–H and O–H groups in total. The lowest BCUT2D eigenvalue weighted by Gasteiger charge is -2.14. The molecule has 0 bridgehead atoms. The molecule has 1 aromatic heterocycles. The summed E-state index contributed by atoms with van der Waals surface area (Å²) < 4.78 is 0. The number of carbonyl (C=O) groups is 2. The van der Waals surface area contributed by atoms with Crippen LogP contribution in [0.2, 0.25) is 0 Å². The van der Waals surface area contributed by atoms with Crippen LogP contribution in [-0.4, -0.2) is 32.2 Å². The maximum Gasteiger partial charge on any atom is 0.340 e. The molecule has 0 aliphatic heterocycles. The van der Waals surface area contributed by atoms with E-state index in [9.17, 15) is 14.7 Å². The lowest BCUT2D eigenvalue weighted by Crippen LogP contribution is -2.25. The van der Waals surface area contributed by atoms with Gasteiger partial charge in [0.2, 0.25) is 5.91 Å². The minimum Gasteiger partial charge on any atom is -0.478 e. The van der Waals surface area contributed by atoms with Gasteiger partial charge in [-0.2, -0.15) is 0 Å². The van der Waals surface area contributed by atoms with E-state index in [-0.39, 0.29) is 5.56 Å². The van der Waals surface area contributed by atoms with E-state index in [0.29, 0.717) is 28.9 Å². The molecule has 0 aromatic carbocycles. The van der Waals surface area contributed by atoms with Crippen molar-refractivity contribution in [3.8, 4) is 0 Å². The van der Waals surface area contributed by atoms with Crippen molar-refractivity contribution < 1.29 is 14.7 Å². The smallest absolute Gasteiger partial charge is 0.340 e. The number of hydrogen-bond donors (Lipinski definition) is 2. The summed E-state index contributed by atoms with van der Waals surface area (Å²) in [6, 6.07) is 0. The molecule has 0 saturated heterocycles. The molecule has 1 aliphatic carbocycles. The van der Waals surface area contributed by atoms with E-state index in [1.54, 1.807) is 6.92 Å². The number of carbonyl (C=O) groups excluding carboxylic acids is 1. The van der Waals surface area contributed by atoms with E-state index >= 15 is 0 Å². The van der Waals surface area contributed by atoms with Gasteiger partial charge in [0, 0.05) is 5.92 Å². The number of hydrogen-bond acceptors (Lipinski definition) is 5. The summed E-state index contributed by atoms with van der Waals surface area (Å²) in [6.45, 7) is 3.49. The molecule has 1 fully saturated rings. The molecule has 1 aliphatic rings. The quantitative estimate of drug-likeness (QED) is 0.611. The van der Waals surface area contributed by atoms with Crippen LogP contribution >= 0.6 is 11.8 Å². The van der Waals surface area contributed by atoms with Gasteiger partial charge in [0.05, 0.1) is 10.9 Å². The second-order valence-electron chi connectivity index (χ2n) is 4.84. The molecule has 0 spiro atoms. The van der Waals surface area contributed by atoms with Crippen LogP contribution < -0.4 is 5.73 Å². The minimum absolute atomic E-state index is 0.0686. The molecule has 0 radical (unpaired) electrons. The van der Waals surface area contributed by atoms with E-state index < -0.39 is 17.1 Å². The van der Waals surface area contributed by atoms with Crippen molar-refractivity contribution in [2.24, 2.45) is 5.73 Å². The normalized spacial score (nSPS) is 15.9. The Bertz CT molecular complexity index is 558. The topological polar surface area (TPSA) is 106 Å². The van der Waals surface area contributed by atoms with Crippen molar-refractivity contribution in [3.63, 3.8) is 0 Å². The van der Waals surface area contributed by atoms with Crippen LogP contribution in [-0.2, 0) is 4.79 Å². The molecule has 1 heterocycles. The van der Waals surface area contributed by atoms with Crippen LogP contribution in [0.25, 0.3) is 0 Å². The first kappa shape index (κ1) is 14.8. The number of nitrogens with two attached hydrogens (primary N) is 1. The summed E-state index contributed by atoms with van der Waals surface area (Å²) >= 11 is 1.12. The molecule has 1 atom stereocenters. The summed E-state index contributed by atoms with van der Waals surface area (Å²) in [5.41, 5.74) is 5.83. The van der Waals surface area contributed by atoms with Gasteiger partial charge in [0.1, 0.15) is 16.4 Å². The third-order valence-electron chi connectivity index (χ3n) is 3.17. The second kappa shape index (κ2) is 5.78. The Morgan fingerprint density at radius 2 is 2.10 bits per heavy atom. The molecule has 1 amide bonds. The van der Waals surface area contributed by atoms with E-state index in [0.717, 1.165) is 24.6 Å². The fraction of sp³-hybridized carbons (Fsp3) is 0.538. The Kier molecular flexibility index (Phi) is 4.27. The standard InChI is InChI=1S/C13H17N3O3S/c1-3-8(10(14)17)20-12-9(13(18)19)6(2)15-11(16-12)7-4-5-7/h7-8H,3-5H2,1-2H3,(H2,14,17)(H,18,19). The lowest BCUT2D eigenvalue weighted by molar-refractivity contribution is -0.117. The average Bonchev–Trinajstić information content (AvgIpc) is 3.18. The van der Waals surface area contributed by atoms with E-state index in [2.05, 4.69) is 9.97 Å². The van der Waals surface area contributed by atoms with Crippen LogP contribution in [0.5, 0.6) is 0 Å². The average molecular weight is 295 g/mol. The van der Waals surface area contributed by atoms with Gasteiger partial charge in [0.25, 0.3) is 0 Å². The SMILES string of the molecule is CCC(Sc1nc(C2CC2)nc(C)c1C(=O)O)C(N)=O. The van der Waals surface area contributed by atoms with Crippen LogP contribution in [0.15, 0.2) is 5.03 Å². The molecule has 1 aromatic rings. The van der Waals surface area contributed by atoms with Gasteiger partial charge in [-0.1, -0.05) is 18.7 Å². The number of aryl methyl sites for hydroxylation is 1. The second-order valence-corrected chi connectivity index (χ2v) is 6.04. The van der Waals surface area contributed by atoms with Gasteiger partial charge in [-0.15, -0.1) is 0 Å². The van der Waals surface area contributed by atoms with Crippen molar-refractivity contribution >= 4 is 23.6 Å². The number of carboxylic acid groups (broad SMARTS) is 1. The Hall–Kier alpha value is -1.63. The van der Waals surface area contributed by atoms with Gasteiger partial charge in [0.15, 0.2) is 0 Å². The number of carboxylic acids is 1. The Morgan fingerprint density at radius 3 is 2.55 bits per heavy atom. The number of primary amides is 1. The summed E-state index contributed by atoms with van der Waals surface area (Å²) in [5, 5.41) is 9.17. The number of aromatic nitrogens is 2. The fourth-order valence-corrected chi connectivity index (χ4v) is 2.95. The van der Waals surface area contributed by atoms with E-state index in [1.807, 2.05) is 6.92 Å². The van der Waals surface area contributed by atoms with Crippen LogP contribution in [0, 0.1) is 6.92 Å². The summed E-state index contributed by atoms with van der Waals surface area (Å²) in [7, 11) is 0. The highest BCUT2D eigenvalue weighted by Crippen LogP contribution is 2.39. The third-order valence-corrected chi connectivity index (χ3v) is 4.54.